The van der Waals surface area contributed by atoms with Gasteiger partial charge in [0.25, 0.3) is 0 Å². The van der Waals surface area contributed by atoms with Crippen molar-refractivity contribution in [1.29, 1.82) is 0 Å². The van der Waals surface area contributed by atoms with Crippen LogP contribution < -0.4 is 0 Å². The summed E-state index contributed by atoms with van der Waals surface area (Å²) in [5.74, 6) is -0.801. The summed E-state index contributed by atoms with van der Waals surface area (Å²) in [6.07, 6.45) is 5.30. The number of ether oxygens (including phenoxy) is 1. The minimum Gasteiger partial charge on any atom is -0.479 e. The van der Waals surface area contributed by atoms with E-state index in [9.17, 15) is 4.79 Å². The van der Waals surface area contributed by atoms with Crippen molar-refractivity contribution in [2.75, 3.05) is 0 Å². The van der Waals surface area contributed by atoms with Crippen LogP contribution >= 0.6 is 0 Å². The highest BCUT2D eigenvalue weighted by atomic mass is 16.6. The Morgan fingerprint density at radius 2 is 1.92 bits per heavy atom. The van der Waals surface area contributed by atoms with Gasteiger partial charge < -0.3 is 9.84 Å². The summed E-state index contributed by atoms with van der Waals surface area (Å²) in [6.45, 7) is 1.70. The second-order valence-electron chi connectivity index (χ2n) is 4.00. The van der Waals surface area contributed by atoms with E-state index in [1.54, 1.807) is 6.92 Å². The second-order valence-corrected chi connectivity index (χ2v) is 4.00. The first-order valence-corrected chi connectivity index (χ1v) is 4.54. The first-order chi connectivity index (χ1) is 5.61. The molecule has 0 bridgehead atoms. The van der Waals surface area contributed by atoms with Gasteiger partial charge in [-0.3, -0.25) is 0 Å². The standard InChI is InChI=1S/C9H14O3/c1-8(7(10)11)9(12-8)5-3-2-4-6-9/h2-6H2,1H3,(H,10,11)/t8-/m0/s1. The summed E-state index contributed by atoms with van der Waals surface area (Å²) in [4.78, 5) is 10.8. The molecule has 1 N–H and O–H groups in total. The Kier molecular flexibility index (Phi) is 1.49. The normalized spacial score (nSPS) is 38.1. The molecule has 3 nitrogen and oxygen atoms in total. The second kappa shape index (κ2) is 2.22. The third-order valence-electron chi connectivity index (χ3n) is 3.30. The molecule has 1 saturated carbocycles. The summed E-state index contributed by atoms with van der Waals surface area (Å²) < 4.78 is 5.39. The summed E-state index contributed by atoms with van der Waals surface area (Å²) in [5, 5.41) is 8.90. The molecule has 1 aliphatic carbocycles. The molecule has 1 atom stereocenters. The molecule has 0 aromatic rings. The number of carboxylic acids is 1. The molecular formula is C9H14O3. The van der Waals surface area contributed by atoms with E-state index in [4.69, 9.17) is 9.84 Å². The van der Waals surface area contributed by atoms with E-state index in [-0.39, 0.29) is 5.60 Å². The van der Waals surface area contributed by atoms with E-state index in [1.165, 1.54) is 6.42 Å². The fraction of sp³-hybridized carbons (Fsp3) is 0.889. The summed E-state index contributed by atoms with van der Waals surface area (Å²) in [7, 11) is 0. The van der Waals surface area contributed by atoms with Crippen LogP contribution in [0.2, 0.25) is 0 Å². The molecule has 12 heavy (non-hydrogen) atoms. The van der Waals surface area contributed by atoms with Gasteiger partial charge in [0, 0.05) is 0 Å². The van der Waals surface area contributed by atoms with Crippen LogP contribution in [0.4, 0.5) is 0 Å². The maximum absolute atomic E-state index is 10.8. The van der Waals surface area contributed by atoms with Crippen LogP contribution in [-0.4, -0.2) is 22.3 Å². The predicted octanol–water partition coefficient (Wildman–Crippen LogP) is 1.56. The molecule has 0 radical (unpaired) electrons. The fourth-order valence-corrected chi connectivity index (χ4v) is 2.31. The summed E-state index contributed by atoms with van der Waals surface area (Å²) >= 11 is 0. The molecule has 0 unspecified atom stereocenters. The summed E-state index contributed by atoms with van der Waals surface area (Å²) in [5.41, 5.74) is -1.16. The van der Waals surface area contributed by atoms with E-state index in [0.717, 1.165) is 25.7 Å². The van der Waals surface area contributed by atoms with E-state index < -0.39 is 11.6 Å². The van der Waals surface area contributed by atoms with Crippen LogP contribution in [0.1, 0.15) is 39.0 Å². The first-order valence-electron chi connectivity index (χ1n) is 4.54. The Labute approximate surface area is 71.7 Å². The average molecular weight is 170 g/mol. The van der Waals surface area contributed by atoms with Crippen LogP contribution in [-0.2, 0) is 9.53 Å². The lowest BCUT2D eigenvalue weighted by Gasteiger charge is -2.19. The van der Waals surface area contributed by atoms with Crippen molar-refractivity contribution in [3.05, 3.63) is 0 Å². The van der Waals surface area contributed by atoms with E-state index >= 15 is 0 Å². The zero-order valence-electron chi connectivity index (χ0n) is 7.30. The molecule has 2 fully saturated rings. The van der Waals surface area contributed by atoms with Gasteiger partial charge in [0.2, 0.25) is 0 Å². The van der Waals surface area contributed by atoms with Crippen molar-refractivity contribution in [2.24, 2.45) is 0 Å². The van der Waals surface area contributed by atoms with Crippen molar-refractivity contribution in [3.8, 4) is 0 Å². The highest BCUT2D eigenvalue weighted by Gasteiger charge is 2.71. The molecule has 1 aliphatic heterocycles. The van der Waals surface area contributed by atoms with Crippen LogP contribution in [0.3, 0.4) is 0 Å². The van der Waals surface area contributed by atoms with Crippen molar-refractivity contribution in [1.82, 2.24) is 0 Å². The first kappa shape index (κ1) is 8.05. The Morgan fingerprint density at radius 1 is 1.33 bits per heavy atom. The van der Waals surface area contributed by atoms with Gasteiger partial charge in [-0.25, -0.2) is 4.79 Å². The number of epoxide rings is 1. The van der Waals surface area contributed by atoms with Crippen molar-refractivity contribution in [2.45, 2.75) is 50.2 Å². The number of carbonyl (C=O) groups is 1. The highest BCUT2D eigenvalue weighted by molar-refractivity contribution is 5.82. The third-order valence-corrected chi connectivity index (χ3v) is 3.30. The van der Waals surface area contributed by atoms with Crippen LogP contribution in [0, 0.1) is 0 Å². The number of carboxylic acid groups (broad SMARTS) is 1. The highest BCUT2D eigenvalue weighted by Crippen LogP contribution is 2.56. The van der Waals surface area contributed by atoms with Crippen LogP contribution in [0.5, 0.6) is 0 Å². The van der Waals surface area contributed by atoms with Gasteiger partial charge in [-0.15, -0.1) is 0 Å². The van der Waals surface area contributed by atoms with Gasteiger partial charge in [0.15, 0.2) is 5.60 Å². The monoisotopic (exact) mass is 170 g/mol. The number of aliphatic carboxylic acids is 1. The van der Waals surface area contributed by atoms with Gasteiger partial charge >= 0.3 is 5.97 Å². The smallest absolute Gasteiger partial charge is 0.338 e. The molecule has 2 rings (SSSR count). The molecule has 68 valence electrons. The van der Waals surface area contributed by atoms with E-state index in [1.807, 2.05) is 0 Å². The van der Waals surface area contributed by atoms with E-state index in [2.05, 4.69) is 0 Å². The van der Waals surface area contributed by atoms with Crippen molar-refractivity contribution >= 4 is 5.97 Å². The van der Waals surface area contributed by atoms with Crippen LogP contribution in [0.15, 0.2) is 0 Å². The fourth-order valence-electron chi connectivity index (χ4n) is 2.31. The zero-order valence-corrected chi connectivity index (χ0v) is 7.30. The molecule has 0 aromatic carbocycles. The maximum Gasteiger partial charge on any atom is 0.338 e. The Morgan fingerprint density at radius 3 is 2.33 bits per heavy atom. The third kappa shape index (κ3) is 0.829. The molecule has 0 amide bonds. The molecule has 0 aromatic heterocycles. The summed E-state index contributed by atoms with van der Waals surface area (Å²) in [6, 6.07) is 0. The quantitative estimate of drug-likeness (QED) is 0.607. The number of rotatable bonds is 1. The Balaban J connectivity index is 2.12. The number of hydrogen-bond acceptors (Lipinski definition) is 2. The van der Waals surface area contributed by atoms with Gasteiger partial charge in [0.05, 0.1) is 0 Å². The molecule has 1 spiro atoms. The van der Waals surface area contributed by atoms with Crippen LogP contribution in [0.25, 0.3) is 0 Å². The average Bonchev–Trinajstić information content (AvgIpc) is 2.59. The maximum atomic E-state index is 10.8. The largest absolute Gasteiger partial charge is 0.479 e. The van der Waals surface area contributed by atoms with Gasteiger partial charge in [0.1, 0.15) is 5.60 Å². The lowest BCUT2D eigenvalue weighted by atomic mass is 9.81. The molecule has 3 heteroatoms. The molecular weight excluding hydrogens is 156 g/mol. The molecule has 1 saturated heterocycles. The SMILES string of the molecule is C[C@@]1(C(=O)O)OC12CCCCC2. The van der Waals surface area contributed by atoms with Crippen molar-refractivity contribution < 1.29 is 14.6 Å². The lowest BCUT2D eigenvalue weighted by molar-refractivity contribution is -0.142. The van der Waals surface area contributed by atoms with Crippen molar-refractivity contribution in [3.63, 3.8) is 0 Å². The minimum atomic E-state index is -0.868. The lowest BCUT2D eigenvalue weighted by Crippen LogP contribution is -2.32. The number of hydrogen-bond donors (Lipinski definition) is 1. The molecule has 2 aliphatic rings. The van der Waals surface area contributed by atoms with E-state index in [0.29, 0.717) is 0 Å². The predicted molar refractivity (Wildman–Crippen MR) is 42.9 cm³/mol. The van der Waals surface area contributed by atoms with Gasteiger partial charge in [-0.05, 0) is 19.8 Å². The van der Waals surface area contributed by atoms with Gasteiger partial charge in [-0.1, -0.05) is 19.3 Å². The van der Waals surface area contributed by atoms with Gasteiger partial charge in [-0.2, -0.15) is 0 Å². The topological polar surface area (TPSA) is 49.8 Å². The minimum absolute atomic E-state index is 0.295. The Hall–Kier alpha value is -0.570. The Bertz CT molecular complexity index is 218. The molecule has 1 heterocycles. The zero-order chi connectivity index (χ0) is 8.82.